The molecule has 1 spiro atoms. The van der Waals surface area contributed by atoms with Gasteiger partial charge in [0, 0.05) is 42.8 Å². The van der Waals surface area contributed by atoms with E-state index in [1.807, 2.05) is 4.90 Å². The van der Waals surface area contributed by atoms with Crippen LogP contribution in [0.2, 0.25) is 0 Å². The SMILES string of the molecule is CN1C(=O)C2(CN(c3ccc(C(F)(F)F)cc3)C2)c2c1cnc1cc(F)ccc21. The maximum absolute atomic E-state index is 13.6. The van der Waals surface area contributed by atoms with E-state index in [9.17, 15) is 22.4 Å². The molecule has 3 aromatic rings. The van der Waals surface area contributed by atoms with Gasteiger partial charge in [0.25, 0.3) is 0 Å². The molecule has 1 aromatic heterocycles. The number of benzene rings is 2. The van der Waals surface area contributed by atoms with Crippen molar-refractivity contribution < 1.29 is 22.4 Å². The average Bonchev–Trinajstić information content (AvgIpc) is 2.88. The van der Waals surface area contributed by atoms with Crippen LogP contribution in [0.4, 0.5) is 28.9 Å². The molecule has 4 nitrogen and oxygen atoms in total. The Morgan fingerprint density at radius 2 is 1.76 bits per heavy atom. The Labute approximate surface area is 163 Å². The van der Waals surface area contributed by atoms with Gasteiger partial charge in [-0.25, -0.2) is 4.39 Å². The molecule has 0 N–H and O–H groups in total. The largest absolute Gasteiger partial charge is 0.416 e. The van der Waals surface area contributed by atoms with E-state index in [2.05, 4.69) is 4.98 Å². The predicted molar refractivity (Wildman–Crippen MR) is 100 cm³/mol. The zero-order chi connectivity index (χ0) is 20.6. The van der Waals surface area contributed by atoms with E-state index in [1.54, 1.807) is 24.2 Å². The number of nitrogens with zero attached hydrogens (tertiary/aromatic N) is 3. The maximum atomic E-state index is 13.6. The number of halogens is 4. The first-order valence-electron chi connectivity index (χ1n) is 9.00. The summed E-state index contributed by atoms with van der Waals surface area (Å²) in [5, 5.41) is 0.716. The number of anilines is 2. The standard InChI is InChI=1S/C21H15F4N3O/c1-27-17-9-26-16-8-13(22)4-7-15(16)18(17)20(19(27)29)10-28(11-20)14-5-2-12(3-6-14)21(23,24)25/h2-9H,10-11H2,1H3. The number of fused-ring (bicyclic) bond motifs is 4. The summed E-state index contributed by atoms with van der Waals surface area (Å²) in [7, 11) is 1.67. The lowest BCUT2D eigenvalue weighted by Crippen LogP contribution is -2.64. The molecule has 0 unspecified atom stereocenters. The smallest absolute Gasteiger partial charge is 0.369 e. The maximum Gasteiger partial charge on any atom is 0.416 e. The van der Waals surface area contributed by atoms with Crippen molar-refractivity contribution in [1.29, 1.82) is 0 Å². The second-order valence-electron chi connectivity index (χ2n) is 7.53. The van der Waals surface area contributed by atoms with Crippen LogP contribution < -0.4 is 9.80 Å². The van der Waals surface area contributed by atoms with Crippen molar-refractivity contribution in [3.05, 3.63) is 65.6 Å². The van der Waals surface area contributed by atoms with E-state index < -0.39 is 23.0 Å². The Morgan fingerprint density at radius 1 is 1.07 bits per heavy atom. The summed E-state index contributed by atoms with van der Waals surface area (Å²) >= 11 is 0. The van der Waals surface area contributed by atoms with Crippen LogP contribution in [0.25, 0.3) is 10.9 Å². The predicted octanol–water partition coefficient (Wildman–Crippen LogP) is 4.13. The number of likely N-dealkylation sites (N-methyl/N-ethyl adjacent to an activating group) is 1. The van der Waals surface area contributed by atoms with Gasteiger partial charge < -0.3 is 9.80 Å². The molecule has 1 fully saturated rings. The number of aromatic nitrogens is 1. The number of amides is 1. The summed E-state index contributed by atoms with van der Waals surface area (Å²) < 4.78 is 52.0. The van der Waals surface area contributed by atoms with Crippen molar-refractivity contribution in [3.8, 4) is 0 Å². The summed E-state index contributed by atoms with van der Waals surface area (Å²) in [6.45, 7) is 0.677. The summed E-state index contributed by atoms with van der Waals surface area (Å²) in [4.78, 5) is 20.8. The molecule has 0 saturated carbocycles. The quantitative estimate of drug-likeness (QED) is 0.576. The normalized spacial score (nSPS) is 17.8. The third kappa shape index (κ3) is 2.44. The monoisotopic (exact) mass is 401 g/mol. The van der Waals surface area contributed by atoms with Crippen molar-refractivity contribution in [3.63, 3.8) is 0 Å². The second-order valence-corrected chi connectivity index (χ2v) is 7.53. The van der Waals surface area contributed by atoms with Gasteiger partial charge in [-0.3, -0.25) is 9.78 Å². The van der Waals surface area contributed by atoms with Gasteiger partial charge >= 0.3 is 6.18 Å². The van der Waals surface area contributed by atoms with Crippen molar-refractivity contribution in [2.75, 3.05) is 29.9 Å². The molecule has 148 valence electrons. The fraction of sp³-hybridized carbons (Fsp3) is 0.238. The fourth-order valence-electron chi connectivity index (χ4n) is 4.39. The molecule has 1 saturated heterocycles. The van der Waals surface area contributed by atoms with E-state index in [1.165, 1.54) is 24.3 Å². The highest BCUT2D eigenvalue weighted by atomic mass is 19.4. The molecule has 0 bridgehead atoms. The van der Waals surface area contributed by atoms with E-state index >= 15 is 0 Å². The molecule has 3 heterocycles. The molecule has 29 heavy (non-hydrogen) atoms. The van der Waals surface area contributed by atoms with Crippen LogP contribution in [-0.4, -0.2) is 31.0 Å². The number of carbonyl (C=O) groups is 1. The van der Waals surface area contributed by atoms with Gasteiger partial charge in [-0.1, -0.05) is 0 Å². The van der Waals surface area contributed by atoms with Crippen LogP contribution in [0.5, 0.6) is 0 Å². The van der Waals surface area contributed by atoms with Crippen LogP contribution in [0.15, 0.2) is 48.7 Å². The molecule has 5 rings (SSSR count). The molecule has 2 aliphatic heterocycles. The summed E-state index contributed by atoms with van der Waals surface area (Å²) in [5.41, 5.74) is 1.05. The molecule has 0 aliphatic carbocycles. The number of hydrogen-bond acceptors (Lipinski definition) is 3. The Bertz CT molecular complexity index is 1150. The highest BCUT2D eigenvalue weighted by molar-refractivity contribution is 6.13. The lowest BCUT2D eigenvalue weighted by Gasteiger charge is -2.48. The molecule has 0 atom stereocenters. The molecular weight excluding hydrogens is 386 g/mol. The Balaban J connectivity index is 1.53. The Hall–Kier alpha value is -3.16. The zero-order valence-corrected chi connectivity index (χ0v) is 15.3. The molecule has 2 aliphatic rings. The van der Waals surface area contributed by atoms with Gasteiger partial charge in [-0.2, -0.15) is 13.2 Å². The Kier molecular flexibility index (Phi) is 3.51. The Morgan fingerprint density at radius 3 is 2.41 bits per heavy atom. The molecular formula is C21H15F4N3O. The van der Waals surface area contributed by atoms with Crippen molar-refractivity contribution in [2.45, 2.75) is 11.6 Å². The van der Waals surface area contributed by atoms with E-state index in [4.69, 9.17) is 0 Å². The van der Waals surface area contributed by atoms with Crippen LogP contribution in [0.1, 0.15) is 11.1 Å². The second kappa shape index (κ2) is 5.68. The van der Waals surface area contributed by atoms with Gasteiger partial charge in [0.05, 0.1) is 23.0 Å². The molecule has 0 radical (unpaired) electrons. The minimum absolute atomic E-state index is 0.0886. The van der Waals surface area contributed by atoms with Gasteiger partial charge in [-0.05, 0) is 36.4 Å². The highest BCUT2D eigenvalue weighted by Crippen LogP contribution is 2.50. The first-order chi connectivity index (χ1) is 13.7. The number of carbonyl (C=O) groups excluding carboxylic acids is 1. The van der Waals surface area contributed by atoms with Crippen LogP contribution >= 0.6 is 0 Å². The molecule has 2 aromatic carbocycles. The summed E-state index contributed by atoms with van der Waals surface area (Å²) in [6, 6.07) is 9.22. The van der Waals surface area contributed by atoms with Crippen LogP contribution in [0.3, 0.4) is 0 Å². The summed E-state index contributed by atoms with van der Waals surface area (Å²) in [6.07, 6.45) is -2.82. The minimum Gasteiger partial charge on any atom is -0.369 e. The first kappa shape index (κ1) is 17.9. The van der Waals surface area contributed by atoms with Crippen molar-refractivity contribution in [1.82, 2.24) is 4.98 Å². The molecule has 1 amide bonds. The third-order valence-corrected chi connectivity index (χ3v) is 5.85. The van der Waals surface area contributed by atoms with Crippen LogP contribution in [0, 0.1) is 5.82 Å². The topological polar surface area (TPSA) is 36.4 Å². The van der Waals surface area contributed by atoms with Crippen molar-refractivity contribution in [2.24, 2.45) is 0 Å². The minimum atomic E-state index is -4.39. The van der Waals surface area contributed by atoms with Gasteiger partial charge in [0.15, 0.2) is 0 Å². The lowest BCUT2D eigenvalue weighted by molar-refractivity contribution is -0.137. The fourth-order valence-corrected chi connectivity index (χ4v) is 4.39. The zero-order valence-electron chi connectivity index (χ0n) is 15.3. The first-order valence-corrected chi connectivity index (χ1v) is 9.00. The molecule has 8 heteroatoms. The van der Waals surface area contributed by atoms with E-state index in [0.29, 0.717) is 35.4 Å². The average molecular weight is 401 g/mol. The lowest BCUT2D eigenvalue weighted by atomic mass is 9.73. The number of pyridine rings is 1. The number of alkyl halides is 3. The van der Waals surface area contributed by atoms with E-state index in [0.717, 1.165) is 17.7 Å². The summed E-state index contributed by atoms with van der Waals surface area (Å²) in [5.74, 6) is -0.494. The van der Waals surface area contributed by atoms with Crippen molar-refractivity contribution >= 4 is 28.2 Å². The van der Waals surface area contributed by atoms with E-state index in [-0.39, 0.29) is 5.91 Å². The van der Waals surface area contributed by atoms with Crippen LogP contribution in [-0.2, 0) is 16.4 Å². The number of rotatable bonds is 1. The highest BCUT2D eigenvalue weighted by Gasteiger charge is 2.58. The van der Waals surface area contributed by atoms with Gasteiger partial charge in [0.1, 0.15) is 11.2 Å². The number of hydrogen-bond donors (Lipinski definition) is 0. The van der Waals surface area contributed by atoms with Gasteiger partial charge in [-0.15, -0.1) is 0 Å². The van der Waals surface area contributed by atoms with Gasteiger partial charge in [0.2, 0.25) is 5.91 Å². The third-order valence-electron chi connectivity index (χ3n) is 5.85.